The van der Waals surface area contributed by atoms with E-state index in [1.807, 2.05) is 20.8 Å². The van der Waals surface area contributed by atoms with Gasteiger partial charge in [0, 0.05) is 11.4 Å². The third-order valence-electron chi connectivity index (χ3n) is 3.87. The number of hydrogen-bond donors (Lipinski definition) is 2. The average molecular weight is 392 g/mol. The number of carbonyl (C=O) groups is 1. The maximum absolute atomic E-state index is 14.4. The molecule has 25 heavy (non-hydrogen) atoms. The third-order valence-corrected chi connectivity index (χ3v) is 6.00. The van der Waals surface area contributed by atoms with Crippen molar-refractivity contribution in [3.05, 3.63) is 34.1 Å². The van der Waals surface area contributed by atoms with E-state index in [9.17, 15) is 18.8 Å². The molecule has 0 aliphatic carbocycles. The van der Waals surface area contributed by atoms with Crippen molar-refractivity contribution in [2.24, 2.45) is 0 Å². The van der Waals surface area contributed by atoms with Gasteiger partial charge < -0.3 is 9.66 Å². The minimum Gasteiger partial charge on any atom is -0.598 e. The van der Waals surface area contributed by atoms with Gasteiger partial charge in [-0.1, -0.05) is 38.4 Å². The Morgan fingerprint density at radius 2 is 1.76 bits per heavy atom. The van der Waals surface area contributed by atoms with Gasteiger partial charge in [0.05, 0.1) is 17.0 Å². The minimum atomic E-state index is -1.56. The van der Waals surface area contributed by atoms with Crippen molar-refractivity contribution in [1.29, 1.82) is 0 Å². The first-order valence-corrected chi connectivity index (χ1v) is 9.52. The van der Waals surface area contributed by atoms with Gasteiger partial charge in [-0.2, -0.15) is 0 Å². The number of halogens is 2. The van der Waals surface area contributed by atoms with Crippen LogP contribution in [0, 0.1) is 5.82 Å². The zero-order valence-corrected chi connectivity index (χ0v) is 17.4. The van der Waals surface area contributed by atoms with Crippen molar-refractivity contribution in [3.8, 4) is 0 Å². The first-order chi connectivity index (χ1) is 11.1. The van der Waals surface area contributed by atoms with E-state index in [2.05, 4.69) is 4.72 Å². The van der Waals surface area contributed by atoms with Crippen molar-refractivity contribution >= 4 is 28.9 Å². The summed E-state index contributed by atoms with van der Waals surface area (Å²) in [6, 6.07) is 3.05. The van der Waals surface area contributed by atoms with Crippen molar-refractivity contribution in [2.75, 3.05) is 0 Å². The lowest BCUT2D eigenvalue weighted by atomic mass is 9.82. The molecule has 7 heteroatoms. The summed E-state index contributed by atoms with van der Waals surface area (Å²) in [5.41, 5.74) is -0.667. The Hall–Kier alpha value is -0.820. The highest BCUT2D eigenvalue weighted by Crippen LogP contribution is 2.38. The molecular formula is C18H27ClFNO3S. The van der Waals surface area contributed by atoms with Gasteiger partial charge in [-0.3, -0.25) is 4.79 Å². The normalized spacial score (nSPS) is 16.4. The molecular weight excluding hydrogens is 365 g/mol. The third kappa shape index (κ3) is 5.58. The van der Waals surface area contributed by atoms with Crippen molar-refractivity contribution in [1.82, 2.24) is 4.72 Å². The van der Waals surface area contributed by atoms with Crippen LogP contribution in [-0.4, -0.2) is 20.4 Å². The Morgan fingerprint density at radius 3 is 2.16 bits per heavy atom. The molecule has 0 aliphatic rings. The van der Waals surface area contributed by atoms with E-state index in [-0.39, 0.29) is 16.9 Å². The molecule has 0 radical (unpaired) electrons. The molecule has 2 N–H and O–H groups in total. The van der Waals surface area contributed by atoms with E-state index in [0.29, 0.717) is 11.1 Å². The Labute approximate surface area is 157 Å². The Morgan fingerprint density at radius 1 is 1.24 bits per heavy atom. The second-order valence-corrected chi connectivity index (χ2v) is 10.8. The topological polar surface area (TPSA) is 72.4 Å². The fourth-order valence-corrected chi connectivity index (χ4v) is 3.49. The smallest absolute Gasteiger partial charge is 0.305 e. The average Bonchev–Trinajstić information content (AvgIpc) is 2.37. The fourth-order valence-electron chi connectivity index (χ4n) is 2.27. The number of hydrogen-bond acceptors (Lipinski definition) is 3. The lowest BCUT2D eigenvalue weighted by Gasteiger charge is -2.35. The quantitative estimate of drug-likeness (QED) is 0.724. The van der Waals surface area contributed by atoms with Crippen LogP contribution in [0.1, 0.15) is 66.0 Å². The van der Waals surface area contributed by atoms with E-state index in [4.69, 9.17) is 11.6 Å². The SMILES string of the molecule is CC(C)(C)c1cc(F)c(Cl)c(C(C)(CC(=O)O)N[S@+]([O-])C(C)(C)C)c1. The van der Waals surface area contributed by atoms with Gasteiger partial charge in [0.25, 0.3) is 0 Å². The lowest BCUT2D eigenvalue weighted by Crippen LogP contribution is -2.51. The number of benzene rings is 1. The molecule has 1 rings (SSSR count). The van der Waals surface area contributed by atoms with Crippen LogP contribution in [0.4, 0.5) is 4.39 Å². The standard InChI is InChI=1S/C18H27ClFNO3S/c1-16(2,3)11-8-12(15(19)13(20)9-11)18(7,10-14(22)23)21-25(24)17(4,5)6/h8-9,21H,10H2,1-7H3,(H,22,23)/t18?,25-/m1/s1. The zero-order chi connectivity index (χ0) is 19.8. The molecule has 0 amide bonds. The van der Waals surface area contributed by atoms with Gasteiger partial charge in [-0.15, -0.1) is 4.72 Å². The van der Waals surface area contributed by atoms with Crippen LogP contribution in [-0.2, 0) is 27.1 Å². The molecule has 0 heterocycles. The maximum atomic E-state index is 14.4. The number of rotatable bonds is 5. The fraction of sp³-hybridized carbons (Fsp3) is 0.611. The van der Waals surface area contributed by atoms with Gasteiger partial charge in [-0.25, -0.2) is 4.39 Å². The Balaban J connectivity index is 3.55. The van der Waals surface area contributed by atoms with Crippen LogP contribution in [0.3, 0.4) is 0 Å². The summed E-state index contributed by atoms with van der Waals surface area (Å²) in [5, 5.41) is 9.18. The van der Waals surface area contributed by atoms with E-state index < -0.39 is 33.4 Å². The molecule has 1 aromatic rings. The summed E-state index contributed by atoms with van der Waals surface area (Å²) in [7, 11) is 0. The van der Waals surface area contributed by atoms with Crippen LogP contribution in [0.2, 0.25) is 5.02 Å². The van der Waals surface area contributed by atoms with E-state index in [1.54, 1.807) is 33.8 Å². The summed E-state index contributed by atoms with van der Waals surface area (Å²) >= 11 is 4.61. The summed E-state index contributed by atoms with van der Waals surface area (Å²) in [5.74, 6) is -1.72. The monoisotopic (exact) mass is 391 g/mol. The molecule has 0 bridgehead atoms. The van der Waals surface area contributed by atoms with Crippen molar-refractivity contribution in [3.63, 3.8) is 0 Å². The first-order valence-electron chi connectivity index (χ1n) is 7.99. The molecule has 0 spiro atoms. The molecule has 0 saturated carbocycles. The molecule has 0 aliphatic heterocycles. The van der Waals surface area contributed by atoms with Gasteiger partial charge in [0.15, 0.2) is 0 Å². The minimum absolute atomic E-state index is 0.157. The number of aliphatic carboxylic acids is 1. The van der Waals surface area contributed by atoms with E-state index >= 15 is 0 Å². The molecule has 4 nitrogen and oxygen atoms in total. The number of nitrogens with one attached hydrogen (secondary N) is 1. The van der Waals surface area contributed by atoms with Crippen molar-refractivity contribution < 1.29 is 18.8 Å². The molecule has 0 fully saturated rings. The highest BCUT2D eigenvalue weighted by Gasteiger charge is 2.41. The van der Waals surface area contributed by atoms with Gasteiger partial charge in [0.1, 0.15) is 10.6 Å². The van der Waals surface area contributed by atoms with Crippen LogP contribution in [0.5, 0.6) is 0 Å². The summed E-state index contributed by atoms with van der Waals surface area (Å²) < 4.78 is 29.3. The number of carboxylic acid groups (broad SMARTS) is 1. The van der Waals surface area contributed by atoms with Gasteiger partial charge in [0.2, 0.25) is 0 Å². The highest BCUT2D eigenvalue weighted by atomic mass is 35.5. The van der Waals surface area contributed by atoms with E-state index in [1.165, 1.54) is 6.07 Å². The summed E-state index contributed by atoms with van der Waals surface area (Å²) in [4.78, 5) is 11.4. The zero-order valence-electron chi connectivity index (χ0n) is 15.8. The summed E-state index contributed by atoms with van der Waals surface area (Å²) in [6.07, 6.45) is -0.387. The van der Waals surface area contributed by atoms with Crippen molar-refractivity contribution in [2.45, 2.75) is 70.6 Å². The molecule has 0 aromatic heterocycles. The van der Waals surface area contributed by atoms with Crippen LogP contribution in [0.15, 0.2) is 12.1 Å². The molecule has 0 saturated heterocycles. The van der Waals surface area contributed by atoms with Gasteiger partial charge >= 0.3 is 5.97 Å². The molecule has 142 valence electrons. The summed E-state index contributed by atoms with van der Waals surface area (Å²) in [6.45, 7) is 12.7. The Kier molecular flexibility index (Phi) is 6.60. The predicted molar refractivity (Wildman–Crippen MR) is 101 cm³/mol. The number of carboxylic acids is 1. The molecule has 1 unspecified atom stereocenters. The Bertz CT molecular complexity index is 655. The molecule has 1 aromatic carbocycles. The maximum Gasteiger partial charge on any atom is 0.305 e. The van der Waals surface area contributed by atoms with Crippen LogP contribution in [0.25, 0.3) is 0 Å². The molecule has 2 atom stereocenters. The van der Waals surface area contributed by atoms with Crippen LogP contribution >= 0.6 is 11.6 Å². The van der Waals surface area contributed by atoms with Gasteiger partial charge in [-0.05, 0) is 50.3 Å². The van der Waals surface area contributed by atoms with Crippen LogP contribution < -0.4 is 4.72 Å². The first kappa shape index (κ1) is 22.2. The second-order valence-electron chi connectivity index (χ2n) is 8.46. The second kappa shape index (κ2) is 7.43. The highest BCUT2D eigenvalue weighted by molar-refractivity contribution is 7.90. The lowest BCUT2D eigenvalue weighted by molar-refractivity contribution is -0.138. The largest absolute Gasteiger partial charge is 0.598 e. The van der Waals surface area contributed by atoms with E-state index in [0.717, 1.165) is 0 Å². The predicted octanol–water partition coefficient (Wildman–Crippen LogP) is 4.52.